The molecule has 0 aromatic heterocycles. The lowest BCUT2D eigenvalue weighted by atomic mass is 10.1. The Bertz CT molecular complexity index is 578. The predicted molar refractivity (Wildman–Crippen MR) is 89.3 cm³/mol. The second-order valence-corrected chi connectivity index (χ2v) is 5.87. The van der Waals surface area contributed by atoms with Crippen LogP contribution in [0.2, 0.25) is 5.02 Å². The third-order valence-electron chi connectivity index (χ3n) is 3.25. The highest BCUT2D eigenvalue weighted by Crippen LogP contribution is 2.29. The topological polar surface area (TPSA) is 35.2 Å². The molecule has 0 heterocycles. The van der Waals surface area contributed by atoms with Gasteiger partial charge in [0.1, 0.15) is 11.5 Å². The van der Waals surface area contributed by atoms with Crippen molar-refractivity contribution in [2.45, 2.75) is 39.2 Å². The molecule has 0 aliphatic rings. The van der Waals surface area contributed by atoms with Gasteiger partial charge in [-0.2, -0.15) is 0 Å². The first kappa shape index (κ1) is 15.9. The first-order chi connectivity index (χ1) is 10.1. The van der Waals surface area contributed by atoms with E-state index in [-0.39, 0.29) is 6.04 Å². The zero-order valence-corrected chi connectivity index (χ0v) is 13.4. The maximum Gasteiger partial charge on any atom is 0.130 e. The molecule has 0 radical (unpaired) electrons. The van der Waals surface area contributed by atoms with E-state index in [0.717, 1.165) is 36.3 Å². The fourth-order valence-corrected chi connectivity index (χ4v) is 2.49. The van der Waals surface area contributed by atoms with Gasteiger partial charge in [0.05, 0.1) is 0 Å². The lowest BCUT2D eigenvalue weighted by Crippen LogP contribution is -2.18. The number of ether oxygens (including phenoxy) is 1. The quantitative estimate of drug-likeness (QED) is 0.817. The second kappa shape index (κ2) is 7.48. The minimum Gasteiger partial charge on any atom is -0.457 e. The van der Waals surface area contributed by atoms with Crippen LogP contribution >= 0.6 is 11.6 Å². The lowest BCUT2D eigenvalue weighted by Gasteiger charge is -2.13. The van der Waals surface area contributed by atoms with Gasteiger partial charge in [-0.25, -0.2) is 0 Å². The molecule has 0 amide bonds. The zero-order valence-electron chi connectivity index (χ0n) is 12.6. The minimum absolute atomic E-state index is 0.0674. The van der Waals surface area contributed by atoms with Crippen molar-refractivity contribution in [3.63, 3.8) is 0 Å². The molecule has 112 valence electrons. The molecule has 3 heteroatoms. The molecule has 0 spiro atoms. The Morgan fingerprint density at radius 3 is 2.48 bits per heavy atom. The van der Waals surface area contributed by atoms with Gasteiger partial charge in [-0.05, 0) is 61.2 Å². The molecule has 0 aliphatic carbocycles. The van der Waals surface area contributed by atoms with E-state index < -0.39 is 0 Å². The average molecular weight is 304 g/mol. The van der Waals surface area contributed by atoms with E-state index in [1.807, 2.05) is 37.3 Å². The SMILES string of the molecule is CCCc1ccc(Oc2ccc(Cl)cc2CC(C)N)cc1. The van der Waals surface area contributed by atoms with Crippen LogP contribution in [-0.2, 0) is 12.8 Å². The molecule has 0 saturated heterocycles. The van der Waals surface area contributed by atoms with Gasteiger partial charge in [-0.15, -0.1) is 0 Å². The van der Waals surface area contributed by atoms with Gasteiger partial charge in [0.25, 0.3) is 0 Å². The molecular weight excluding hydrogens is 282 g/mol. The molecular formula is C18H22ClNO. The number of aryl methyl sites for hydroxylation is 1. The summed E-state index contributed by atoms with van der Waals surface area (Å²) in [4.78, 5) is 0. The molecule has 1 unspecified atom stereocenters. The molecule has 0 bridgehead atoms. The van der Waals surface area contributed by atoms with Crippen molar-refractivity contribution in [3.05, 3.63) is 58.6 Å². The molecule has 1 atom stereocenters. The van der Waals surface area contributed by atoms with E-state index in [4.69, 9.17) is 22.1 Å². The van der Waals surface area contributed by atoms with E-state index in [2.05, 4.69) is 19.1 Å². The smallest absolute Gasteiger partial charge is 0.130 e. The number of hydrogen-bond acceptors (Lipinski definition) is 2. The van der Waals surface area contributed by atoms with Crippen LogP contribution in [-0.4, -0.2) is 6.04 Å². The molecule has 0 fully saturated rings. The predicted octanol–water partition coefficient (Wildman–Crippen LogP) is 4.97. The number of nitrogens with two attached hydrogens (primary N) is 1. The zero-order chi connectivity index (χ0) is 15.2. The van der Waals surface area contributed by atoms with E-state index in [1.54, 1.807) is 0 Å². The van der Waals surface area contributed by atoms with Crippen molar-refractivity contribution < 1.29 is 4.74 Å². The second-order valence-electron chi connectivity index (χ2n) is 5.43. The fourth-order valence-electron chi connectivity index (χ4n) is 2.29. The van der Waals surface area contributed by atoms with Gasteiger partial charge in [-0.3, -0.25) is 0 Å². The first-order valence-corrected chi connectivity index (χ1v) is 7.77. The summed E-state index contributed by atoms with van der Waals surface area (Å²) in [6, 6.07) is 14.0. The van der Waals surface area contributed by atoms with Crippen LogP contribution in [0, 0.1) is 0 Å². The van der Waals surface area contributed by atoms with E-state index >= 15 is 0 Å². The molecule has 2 aromatic carbocycles. The molecule has 0 aliphatic heterocycles. The summed E-state index contributed by atoms with van der Waals surface area (Å²) in [5, 5.41) is 0.705. The van der Waals surface area contributed by atoms with Crippen molar-refractivity contribution in [1.29, 1.82) is 0 Å². The first-order valence-electron chi connectivity index (χ1n) is 7.39. The van der Waals surface area contributed by atoms with Gasteiger partial charge in [0, 0.05) is 11.1 Å². The van der Waals surface area contributed by atoms with Crippen LogP contribution in [0.15, 0.2) is 42.5 Å². The Balaban J connectivity index is 2.18. The normalized spacial score (nSPS) is 12.2. The molecule has 21 heavy (non-hydrogen) atoms. The molecule has 0 saturated carbocycles. The van der Waals surface area contributed by atoms with Crippen LogP contribution in [0.25, 0.3) is 0 Å². The Kier molecular flexibility index (Phi) is 5.66. The standard InChI is InChI=1S/C18H22ClNO/c1-3-4-14-5-8-17(9-6-14)21-18-10-7-16(19)12-15(18)11-13(2)20/h5-10,12-13H,3-4,11,20H2,1-2H3. The number of hydrogen-bond donors (Lipinski definition) is 1. The summed E-state index contributed by atoms with van der Waals surface area (Å²) in [5.74, 6) is 1.66. The van der Waals surface area contributed by atoms with Crippen molar-refractivity contribution in [2.24, 2.45) is 5.73 Å². The summed E-state index contributed by atoms with van der Waals surface area (Å²) in [6.07, 6.45) is 2.98. The Morgan fingerprint density at radius 2 is 1.86 bits per heavy atom. The van der Waals surface area contributed by atoms with Gasteiger partial charge < -0.3 is 10.5 Å². The van der Waals surface area contributed by atoms with Crippen LogP contribution in [0.5, 0.6) is 11.5 Å². The van der Waals surface area contributed by atoms with Gasteiger partial charge in [0.15, 0.2) is 0 Å². The summed E-state index contributed by atoms with van der Waals surface area (Å²) in [7, 11) is 0. The van der Waals surface area contributed by atoms with Crippen LogP contribution in [0.4, 0.5) is 0 Å². The number of halogens is 1. The lowest BCUT2D eigenvalue weighted by molar-refractivity contribution is 0.473. The highest BCUT2D eigenvalue weighted by molar-refractivity contribution is 6.30. The van der Waals surface area contributed by atoms with Crippen LogP contribution in [0.3, 0.4) is 0 Å². The van der Waals surface area contributed by atoms with Gasteiger partial charge in [-0.1, -0.05) is 37.1 Å². The third-order valence-corrected chi connectivity index (χ3v) is 3.49. The van der Waals surface area contributed by atoms with Crippen LogP contribution < -0.4 is 10.5 Å². The summed E-state index contributed by atoms with van der Waals surface area (Å²) in [6.45, 7) is 4.16. The molecule has 2 nitrogen and oxygen atoms in total. The maximum absolute atomic E-state index is 6.06. The molecule has 2 aromatic rings. The Morgan fingerprint density at radius 1 is 1.14 bits per heavy atom. The highest BCUT2D eigenvalue weighted by atomic mass is 35.5. The fraction of sp³-hybridized carbons (Fsp3) is 0.333. The third kappa shape index (κ3) is 4.76. The van der Waals surface area contributed by atoms with Crippen molar-refractivity contribution in [2.75, 3.05) is 0 Å². The Labute approximate surface area is 131 Å². The maximum atomic E-state index is 6.06. The van der Waals surface area contributed by atoms with E-state index in [9.17, 15) is 0 Å². The van der Waals surface area contributed by atoms with Crippen molar-refractivity contribution in [3.8, 4) is 11.5 Å². The van der Waals surface area contributed by atoms with Crippen molar-refractivity contribution >= 4 is 11.6 Å². The van der Waals surface area contributed by atoms with Crippen molar-refractivity contribution in [1.82, 2.24) is 0 Å². The Hall–Kier alpha value is -1.51. The molecule has 2 rings (SSSR count). The average Bonchev–Trinajstić information content (AvgIpc) is 2.43. The number of rotatable bonds is 6. The summed E-state index contributed by atoms with van der Waals surface area (Å²) >= 11 is 6.06. The monoisotopic (exact) mass is 303 g/mol. The number of benzene rings is 2. The molecule has 2 N–H and O–H groups in total. The minimum atomic E-state index is 0.0674. The van der Waals surface area contributed by atoms with Crippen LogP contribution in [0.1, 0.15) is 31.4 Å². The highest BCUT2D eigenvalue weighted by Gasteiger charge is 2.08. The summed E-state index contributed by atoms with van der Waals surface area (Å²) in [5.41, 5.74) is 8.26. The summed E-state index contributed by atoms with van der Waals surface area (Å²) < 4.78 is 5.98. The van der Waals surface area contributed by atoms with E-state index in [0.29, 0.717) is 5.02 Å². The van der Waals surface area contributed by atoms with E-state index in [1.165, 1.54) is 5.56 Å². The van der Waals surface area contributed by atoms with Gasteiger partial charge in [0.2, 0.25) is 0 Å². The van der Waals surface area contributed by atoms with Gasteiger partial charge >= 0.3 is 0 Å². The largest absolute Gasteiger partial charge is 0.457 e.